The molecular formula is H4BO3PSi. The number of rotatable bonds is 1. The van der Waals surface area contributed by atoms with Crippen LogP contribution in [-0.4, -0.2) is 22.9 Å². The SMILES string of the molecule is [B]P(=O)(O)O[SiH3]. The first-order chi connectivity index (χ1) is 2.56. The first kappa shape index (κ1) is 6.43. The van der Waals surface area contributed by atoms with Crippen LogP contribution in [0.3, 0.4) is 0 Å². The van der Waals surface area contributed by atoms with E-state index in [9.17, 15) is 4.57 Å². The van der Waals surface area contributed by atoms with Gasteiger partial charge in [0.1, 0.15) is 0 Å². The van der Waals surface area contributed by atoms with E-state index in [0.717, 1.165) is 0 Å². The average molecular weight is 122 g/mol. The van der Waals surface area contributed by atoms with Gasteiger partial charge in [0, 0.05) is 0 Å². The summed E-state index contributed by atoms with van der Waals surface area (Å²) in [5, 5.41) is 0. The van der Waals surface area contributed by atoms with E-state index >= 15 is 0 Å². The van der Waals surface area contributed by atoms with Gasteiger partial charge in [0.05, 0.1) is 0 Å². The van der Waals surface area contributed by atoms with E-state index in [1.54, 1.807) is 0 Å². The summed E-state index contributed by atoms with van der Waals surface area (Å²) in [5.41, 5.74) is 0. The minimum absolute atomic E-state index is 0.210. The van der Waals surface area contributed by atoms with Crippen LogP contribution in [-0.2, 0) is 8.78 Å². The van der Waals surface area contributed by atoms with Crippen molar-refractivity contribution in [2.24, 2.45) is 0 Å². The summed E-state index contributed by atoms with van der Waals surface area (Å²) in [6.45, 7) is 0. The van der Waals surface area contributed by atoms with Crippen LogP contribution in [0.15, 0.2) is 0 Å². The standard InChI is InChI=1S/BH4O3PSi/c1-5(2,3)4-6/h6H3,(H,2,3). The van der Waals surface area contributed by atoms with Crippen molar-refractivity contribution in [3.05, 3.63) is 0 Å². The molecule has 0 fully saturated rings. The molecule has 1 N–H and O–H groups in total. The predicted octanol–water partition coefficient (Wildman–Crippen LogP) is -1.45. The average Bonchev–Trinajstić information content (AvgIpc) is 1.35. The summed E-state index contributed by atoms with van der Waals surface area (Å²) in [6, 6.07) is 0. The summed E-state index contributed by atoms with van der Waals surface area (Å²) in [7, 11) is 1.08. The number of hydrogen-bond donors (Lipinski definition) is 1. The molecule has 0 aromatic carbocycles. The molecule has 6 heavy (non-hydrogen) atoms. The van der Waals surface area contributed by atoms with Gasteiger partial charge in [0.15, 0.2) is 10.5 Å². The summed E-state index contributed by atoms with van der Waals surface area (Å²) in [6.07, 6.45) is 0. The van der Waals surface area contributed by atoms with E-state index in [0.29, 0.717) is 0 Å². The van der Waals surface area contributed by atoms with E-state index in [1.165, 1.54) is 0 Å². The third kappa shape index (κ3) is 4.43. The minimum Gasteiger partial charge on any atom is -0.371 e. The van der Waals surface area contributed by atoms with Gasteiger partial charge < -0.3 is 9.11 Å². The van der Waals surface area contributed by atoms with Crippen molar-refractivity contribution in [2.45, 2.75) is 0 Å². The molecule has 0 rings (SSSR count). The van der Waals surface area contributed by atoms with Gasteiger partial charge in [0.2, 0.25) is 7.57 Å². The summed E-state index contributed by atoms with van der Waals surface area (Å²) in [4.78, 5) is 7.97. The third-order valence-electron chi connectivity index (χ3n) is 0.262. The Hall–Kier alpha value is 0.432. The molecule has 1 atom stereocenters. The van der Waals surface area contributed by atoms with Gasteiger partial charge in [-0.25, -0.2) is 0 Å². The molecule has 0 bridgehead atoms. The van der Waals surface area contributed by atoms with Crippen molar-refractivity contribution < 1.29 is 13.7 Å². The zero-order valence-corrected chi connectivity index (χ0v) is 6.18. The zero-order chi connectivity index (χ0) is 5.21. The molecule has 0 aliphatic heterocycles. The second-order valence-corrected chi connectivity index (χ2v) is 3.34. The van der Waals surface area contributed by atoms with Gasteiger partial charge in [-0.15, -0.1) is 0 Å². The topological polar surface area (TPSA) is 46.5 Å². The predicted molar refractivity (Wildman–Crippen MR) is 26.6 cm³/mol. The van der Waals surface area contributed by atoms with Gasteiger partial charge in [-0.3, -0.25) is 4.57 Å². The Morgan fingerprint density at radius 2 is 2.17 bits per heavy atom. The largest absolute Gasteiger partial charge is 0.371 e. The van der Waals surface area contributed by atoms with Crippen molar-refractivity contribution in [2.75, 3.05) is 0 Å². The first-order valence-electron chi connectivity index (χ1n) is 1.23. The van der Waals surface area contributed by atoms with Crippen LogP contribution in [0.1, 0.15) is 0 Å². The second kappa shape index (κ2) is 1.93. The summed E-state index contributed by atoms with van der Waals surface area (Å²) < 4.78 is 13.7. The highest BCUT2D eigenvalue weighted by atomic mass is 31.2. The molecule has 6 heteroatoms. The van der Waals surface area contributed by atoms with E-state index in [2.05, 4.69) is 11.8 Å². The molecule has 0 aromatic rings. The van der Waals surface area contributed by atoms with E-state index in [1.807, 2.05) is 0 Å². The van der Waals surface area contributed by atoms with Gasteiger partial charge in [-0.05, 0) is 0 Å². The summed E-state index contributed by atoms with van der Waals surface area (Å²) >= 11 is 0. The second-order valence-electron chi connectivity index (χ2n) is 0.747. The van der Waals surface area contributed by atoms with E-state index in [4.69, 9.17) is 4.89 Å². The van der Waals surface area contributed by atoms with Crippen LogP contribution in [0.5, 0.6) is 0 Å². The smallest absolute Gasteiger partial charge is 0.250 e. The molecule has 1 unspecified atom stereocenters. The zero-order valence-electron chi connectivity index (χ0n) is 3.29. The molecule has 0 aliphatic carbocycles. The Morgan fingerprint density at radius 1 is 2.00 bits per heavy atom. The Morgan fingerprint density at radius 3 is 2.17 bits per heavy atom. The normalized spacial score (nSPS) is 20.2. The fraction of sp³-hybridized carbons (Fsp3) is 0. The van der Waals surface area contributed by atoms with Crippen LogP contribution in [0, 0.1) is 0 Å². The lowest BCUT2D eigenvalue weighted by atomic mass is 10.8. The van der Waals surface area contributed by atoms with Gasteiger partial charge in [0.25, 0.3) is 7.47 Å². The molecule has 0 heterocycles. The molecule has 0 saturated heterocycles. The van der Waals surface area contributed by atoms with Crippen molar-refractivity contribution >= 4 is 25.5 Å². The lowest BCUT2D eigenvalue weighted by molar-refractivity contribution is 0.415. The quantitative estimate of drug-likeness (QED) is 0.342. The highest BCUT2D eigenvalue weighted by Crippen LogP contribution is 2.32. The lowest BCUT2D eigenvalue weighted by Crippen LogP contribution is -1.79. The monoisotopic (exact) mass is 122 g/mol. The molecule has 0 amide bonds. The van der Waals surface area contributed by atoms with Crippen LogP contribution in [0.4, 0.5) is 0 Å². The fourth-order valence-electron chi connectivity index (χ4n) is 0. The van der Waals surface area contributed by atoms with Gasteiger partial charge >= 0.3 is 0 Å². The van der Waals surface area contributed by atoms with Crippen LogP contribution >= 0.6 is 7.47 Å². The van der Waals surface area contributed by atoms with E-state index in [-0.39, 0.29) is 10.5 Å². The molecule has 34 valence electrons. The molecular weight excluding hydrogens is 118 g/mol. The Kier molecular flexibility index (Phi) is 2.07. The highest BCUT2D eigenvalue weighted by Gasteiger charge is 2.01. The lowest BCUT2D eigenvalue weighted by Gasteiger charge is -1.98. The molecule has 2 radical (unpaired) electrons. The van der Waals surface area contributed by atoms with Crippen molar-refractivity contribution in [3.63, 3.8) is 0 Å². The summed E-state index contributed by atoms with van der Waals surface area (Å²) in [5.74, 6) is 0. The van der Waals surface area contributed by atoms with Gasteiger partial charge in [-0.1, -0.05) is 0 Å². The molecule has 0 saturated carbocycles. The van der Waals surface area contributed by atoms with Crippen molar-refractivity contribution in [1.29, 1.82) is 0 Å². The van der Waals surface area contributed by atoms with E-state index < -0.39 is 7.47 Å². The molecule has 0 aromatic heterocycles. The molecule has 0 spiro atoms. The maximum Gasteiger partial charge on any atom is 0.250 e. The van der Waals surface area contributed by atoms with Crippen LogP contribution in [0.25, 0.3) is 0 Å². The fourth-order valence-corrected chi connectivity index (χ4v) is 0. The Balaban J connectivity index is 3.48. The third-order valence-corrected chi connectivity index (χ3v) is 2.35. The van der Waals surface area contributed by atoms with Crippen LogP contribution in [0.2, 0.25) is 0 Å². The Labute approximate surface area is 40.1 Å². The maximum absolute atomic E-state index is 9.73. The maximum atomic E-state index is 9.73. The van der Waals surface area contributed by atoms with Crippen LogP contribution < -0.4 is 0 Å². The molecule has 0 aliphatic rings. The van der Waals surface area contributed by atoms with Crippen molar-refractivity contribution in [3.8, 4) is 0 Å². The number of hydrogen-bond acceptors (Lipinski definition) is 2. The van der Waals surface area contributed by atoms with Crippen molar-refractivity contribution in [1.82, 2.24) is 0 Å². The minimum atomic E-state index is -3.58. The van der Waals surface area contributed by atoms with Gasteiger partial charge in [-0.2, -0.15) is 0 Å². The molecule has 3 nitrogen and oxygen atoms in total. The highest BCUT2D eigenvalue weighted by molar-refractivity contribution is 7.79. The Bertz CT molecular complexity index is 74.9. The first-order valence-corrected chi connectivity index (χ1v) is 3.69.